The molecule has 0 saturated carbocycles. The highest BCUT2D eigenvalue weighted by molar-refractivity contribution is 4.91. The molecule has 0 aromatic carbocycles. The standard InChI is InChI=1S/C10H20N4O3/c1-16-8-10(17-2)6-11-5-9-7-14(3-4-15)13-12-9/h7,10-11,15H,3-6,8H2,1-2H3. The Morgan fingerprint density at radius 3 is 3.00 bits per heavy atom. The number of nitrogens with one attached hydrogen (secondary N) is 1. The molecule has 98 valence electrons. The monoisotopic (exact) mass is 244 g/mol. The van der Waals surface area contributed by atoms with Crippen LogP contribution in [0.15, 0.2) is 6.20 Å². The fourth-order valence-corrected chi connectivity index (χ4v) is 1.39. The predicted octanol–water partition coefficient (Wildman–Crippen LogP) is -0.979. The van der Waals surface area contributed by atoms with Crippen molar-refractivity contribution in [2.24, 2.45) is 0 Å². The molecule has 0 bridgehead atoms. The lowest BCUT2D eigenvalue weighted by atomic mass is 10.3. The van der Waals surface area contributed by atoms with Gasteiger partial charge in [-0.2, -0.15) is 0 Å². The molecule has 0 fully saturated rings. The van der Waals surface area contributed by atoms with Crippen molar-refractivity contribution < 1.29 is 14.6 Å². The Hall–Kier alpha value is -1.02. The Morgan fingerprint density at radius 2 is 2.35 bits per heavy atom. The van der Waals surface area contributed by atoms with Gasteiger partial charge in [0.25, 0.3) is 0 Å². The smallest absolute Gasteiger partial charge is 0.0964 e. The molecule has 1 aromatic rings. The van der Waals surface area contributed by atoms with Gasteiger partial charge in [-0.25, -0.2) is 4.68 Å². The summed E-state index contributed by atoms with van der Waals surface area (Å²) in [5.74, 6) is 0. The van der Waals surface area contributed by atoms with Crippen molar-refractivity contribution in [2.75, 3.05) is 34.0 Å². The Kier molecular flexibility index (Phi) is 6.71. The molecule has 17 heavy (non-hydrogen) atoms. The van der Waals surface area contributed by atoms with Gasteiger partial charge in [0.2, 0.25) is 0 Å². The van der Waals surface area contributed by atoms with E-state index < -0.39 is 0 Å². The summed E-state index contributed by atoms with van der Waals surface area (Å²) in [7, 11) is 3.30. The van der Waals surface area contributed by atoms with Crippen LogP contribution in [0, 0.1) is 0 Å². The quantitative estimate of drug-likeness (QED) is 0.581. The van der Waals surface area contributed by atoms with Gasteiger partial charge >= 0.3 is 0 Å². The number of methoxy groups -OCH3 is 2. The van der Waals surface area contributed by atoms with Crippen molar-refractivity contribution in [3.8, 4) is 0 Å². The largest absolute Gasteiger partial charge is 0.394 e. The third kappa shape index (κ3) is 5.22. The summed E-state index contributed by atoms with van der Waals surface area (Å²) in [6.07, 6.45) is 1.84. The molecular formula is C10H20N4O3. The number of ether oxygens (including phenoxy) is 2. The van der Waals surface area contributed by atoms with Crippen molar-refractivity contribution in [1.29, 1.82) is 0 Å². The lowest BCUT2D eigenvalue weighted by Crippen LogP contribution is -2.31. The highest BCUT2D eigenvalue weighted by Gasteiger charge is 2.06. The van der Waals surface area contributed by atoms with Gasteiger partial charge in [-0.05, 0) is 0 Å². The van der Waals surface area contributed by atoms with E-state index in [2.05, 4.69) is 15.6 Å². The van der Waals surface area contributed by atoms with E-state index in [-0.39, 0.29) is 12.7 Å². The number of aliphatic hydroxyl groups excluding tert-OH is 1. The number of hydrogen-bond acceptors (Lipinski definition) is 6. The molecule has 1 heterocycles. The first-order valence-corrected chi connectivity index (χ1v) is 5.52. The van der Waals surface area contributed by atoms with Crippen molar-refractivity contribution in [1.82, 2.24) is 20.3 Å². The number of nitrogens with zero attached hydrogens (tertiary/aromatic N) is 3. The van der Waals surface area contributed by atoms with Crippen LogP contribution in [0.1, 0.15) is 5.69 Å². The number of hydrogen-bond donors (Lipinski definition) is 2. The third-order valence-corrected chi connectivity index (χ3v) is 2.28. The van der Waals surface area contributed by atoms with E-state index >= 15 is 0 Å². The van der Waals surface area contributed by atoms with Gasteiger partial charge in [0.15, 0.2) is 0 Å². The lowest BCUT2D eigenvalue weighted by Gasteiger charge is -2.14. The molecule has 0 amide bonds. The average Bonchev–Trinajstić information content (AvgIpc) is 2.76. The second-order valence-electron chi connectivity index (χ2n) is 3.64. The normalized spacial score (nSPS) is 12.9. The van der Waals surface area contributed by atoms with Crippen LogP contribution in [0.5, 0.6) is 0 Å². The molecule has 7 nitrogen and oxygen atoms in total. The summed E-state index contributed by atoms with van der Waals surface area (Å²) in [6.45, 7) is 2.40. The Labute approximate surface area is 101 Å². The maximum absolute atomic E-state index is 8.73. The fraction of sp³-hybridized carbons (Fsp3) is 0.800. The zero-order chi connectivity index (χ0) is 12.5. The summed E-state index contributed by atoms with van der Waals surface area (Å²) < 4.78 is 11.8. The number of aliphatic hydroxyl groups is 1. The highest BCUT2D eigenvalue weighted by Crippen LogP contribution is 1.94. The van der Waals surface area contributed by atoms with Crippen LogP contribution >= 0.6 is 0 Å². The first kappa shape index (κ1) is 14.0. The molecule has 0 spiro atoms. The predicted molar refractivity (Wildman–Crippen MR) is 61.5 cm³/mol. The van der Waals surface area contributed by atoms with E-state index in [1.807, 2.05) is 0 Å². The molecule has 0 aliphatic carbocycles. The first-order valence-electron chi connectivity index (χ1n) is 5.52. The third-order valence-electron chi connectivity index (χ3n) is 2.28. The molecule has 0 aliphatic rings. The van der Waals surface area contributed by atoms with Crippen LogP contribution in [0.3, 0.4) is 0 Å². The minimum atomic E-state index is 0.0347. The summed E-state index contributed by atoms with van der Waals surface area (Å²) in [4.78, 5) is 0. The van der Waals surface area contributed by atoms with Crippen molar-refractivity contribution in [3.05, 3.63) is 11.9 Å². The van der Waals surface area contributed by atoms with Crippen LogP contribution in [0.2, 0.25) is 0 Å². The van der Waals surface area contributed by atoms with E-state index in [9.17, 15) is 0 Å². The SMILES string of the molecule is COCC(CNCc1cn(CCO)nn1)OC. The van der Waals surface area contributed by atoms with E-state index in [0.717, 1.165) is 5.69 Å². The van der Waals surface area contributed by atoms with Gasteiger partial charge in [0, 0.05) is 33.5 Å². The van der Waals surface area contributed by atoms with Gasteiger partial charge in [0.1, 0.15) is 0 Å². The molecule has 1 atom stereocenters. The van der Waals surface area contributed by atoms with E-state index in [4.69, 9.17) is 14.6 Å². The van der Waals surface area contributed by atoms with Crippen LogP contribution in [0.4, 0.5) is 0 Å². The van der Waals surface area contributed by atoms with Crippen LogP contribution < -0.4 is 5.32 Å². The second-order valence-corrected chi connectivity index (χ2v) is 3.64. The van der Waals surface area contributed by atoms with E-state index in [0.29, 0.717) is 26.2 Å². The summed E-state index contributed by atoms with van der Waals surface area (Å²) in [5.41, 5.74) is 0.839. The van der Waals surface area contributed by atoms with Gasteiger partial charge in [-0.3, -0.25) is 0 Å². The lowest BCUT2D eigenvalue weighted by molar-refractivity contribution is 0.0287. The topological polar surface area (TPSA) is 81.4 Å². The molecule has 1 aromatic heterocycles. The van der Waals surface area contributed by atoms with Crippen LogP contribution in [-0.4, -0.2) is 60.2 Å². The zero-order valence-electron chi connectivity index (χ0n) is 10.3. The molecule has 0 radical (unpaired) electrons. The zero-order valence-corrected chi connectivity index (χ0v) is 10.3. The first-order chi connectivity index (χ1) is 8.30. The van der Waals surface area contributed by atoms with Gasteiger partial charge in [0.05, 0.1) is 31.6 Å². The number of rotatable bonds is 9. The minimum Gasteiger partial charge on any atom is -0.394 e. The molecular weight excluding hydrogens is 224 g/mol. The molecule has 7 heteroatoms. The fourth-order valence-electron chi connectivity index (χ4n) is 1.39. The summed E-state index contributed by atoms with van der Waals surface area (Å²) in [6, 6.07) is 0. The van der Waals surface area contributed by atoms with Gasteiger partial charge < -0.3 is 19.9 Å². The molecule has 1 rings (SSSR count). The number of aromatic nitrogens is 3. The summed E-state index contributed by atoms with van der Waals surface area (Å²) >= 11 is 0. The van der Waals surface area contributed by atoms with Gasteiger partial charge in [-0.1, -0.05) is 5.21 Å². The van der Waals surface area contributed by atoms with Crippen LogP contribution in [-0.2, 0) is 22.6 Å². The average molecular weight is 244 g/mol. The second kappa shape index (κ2) is 8.13. The molecule has 2 N–H and O–H groups in total. The minimum absolute atomic E-state index is 0.0347. The highest BCUT2D eigenvalue weighted by atomic mass is 16.5. The van der Waals surface area contributed by atoms with Crippen molar-refractivity contribution in [2.45, 2.75) is 19.2 Å². The Balaban J connectivity index is 2.24. The maximum atomic E-state index is 8.73. The van der Waals surface area contributed by atoms with Crippen LogP contribution in [0.25, 0.3) is 0 Å². The van der Waals surface area contributed by atoms with E-state index in [1.165, 1.54) is 0 Å². The Bertz CT molecular complexity index is 305. The maximum Gasteiger partial charge on any atom is 0.0964 e. The molecule has 0 aliphatic heterocycles. The molecule has 0 saturated heterocycles. The van der Waals surface area contributed by atoms with Crippen molar-refractivity contribution in [3.63, 3.8) is 0 Å². The molecule has 1 unspecified atom stereocenters. The van der Waals surface area contributed by atoms with E-state index in [1.54, 1.807) is 25.1 Å². The summed E-state index contributed by atoms with van der Waals surface area (Å²) in [5, 5.41) is 19.8. The Morgan fingerprint density at radius 1 is 1.53 bits per heavy atom. The van der Waals surface area contributed by atoms with Gasteiger partial charge in [-0.15, -0.1) is 5.10 Å². The van der Waals surface area contributed by atoms with Crippen molar-refractivity contribution >= 4 is 0 Å².